The first kappa shape index (κ1) is 19.1. The summed E-state index contributed by atoms with van der Waals surface area (Å²) >= 11 is 3.35. The van der Waals surface area contributed by atoms with E-state index in [2.05, 4.69) is 20.9 Å². The monoisotopic (exact) mass is 409 g/mol. The Kier molecular flexibility index (Phi) is 6.64. The number of benzene rings is 1. The highest BCUT2D eigenvalue weighted by Gasteiger charge is 2.23. The Balaban J connectivity index is 1.92. The SMILES string of the molecule is CCOC(=O)c1[nH]c(C)c(C(=O)OCCOc2ccc(Br)cc2)c1C. The highest BCUT2D eigenvalue weighted by Crippen LogP contribution is 2.20. The molecule has 1 aromatic carbocycles. The number of aromatic amines is 1. The van der Waals surface area contributed by atoms with Gasteiger partial charge in [-0.05, 0) is 50.6 Å². The molecule has 2 aromatic rings. The van der Waals surface area contributed by atoms with E-state index in [0.29, 0.717) is 22.6 Å². The van der Waals surface area contributed by atoms with Crippen LogP contribution in [-0.2, 0) is 9.47 Å². The molecule has 134 valence electrons. The zero-order valence-electron chi connectivity index (χ0n) is 14.3. The third-order valence-electron chi connectivity index (χ3n) is 3.52. The molecule has 0 radical (unpaired) electrons. The van der Waals surface area contributed by atoms with Crippen molar-refractivity contribution < 1.29 is 23.8 Å². The van der Waals surface area contributed by atoms with Crippen molar-refractivity contribution >= 4 is 27.9 Å². The standard InChI is InChI=1S/C18H20BrNO5/c1-4-23-18(22)16-11(2)15(12(3)20-16)17(21)25-10-9-24-14-7-5-13(19)6-8-14/h5-8,20H,4,9-10H2,1-3H3. The molecular formula is C18H20BrNO5. The first-order valence-electron chi connectivity index (χ1n) is 7.85. The van der Waals surface area contributed by atoms with Gasteiger partial charge in [-0.15, -0.1) is 0 Å². The first-order chi connectivity index (χ1) is 11.9. The molecule has 25 heavy (non-hydrogen) atoms. The van der Waals surface area contributed by atoms with Gasteiger partial charge in [0, 0.05) is 10.2 Å². The van der Waals surface area contributed by atoms with Gasteiger partial charge in [-0.1, -0.05) is 15.9 Å². The average molecular weight is 410 g/mol. The number of aromatic nitrogens is 1. The van der Waals surface area contributed by atoms with E-state index in [4.69, 9.17) is 14.2 Å². The van der Waals surface area contributed by atoms with Gasteiger partial charge in [0.1, 0.15) is 24.7 Å². The maximum Gasteiger partial charge on any atom is 0.355 e. The Morgan fingerprint density at radius 3 is 2.36 bits per heavy atom. The molecule has 6 nitrogen and oxygen atoms in total. The predicted molar refractivity (Wildman–Crippen MR) is 96.1 cm³/mol. The Morgan fingerprint density at radius 2 is 1.72 bits per heavy atom. The van der Waals surface area contributed by atoms with Crippen molar-refractivity contribution in [2.24, 2.45) is 0 Å². The molecule has 0 aliphatic rings. The van der Waals surface area contributed by atoms with Crippen LogP contribution in [0.15, 0.2) is 28.7 Å². The van der Waals surface area contributed by atoms with E-state index in [-0.39, 0.29) is 25.5 Å². The molecular weight excluding hydrogens is 390 g/mol. The van der Waals surface area contributed by atoms with Crippen molar-refractivity contribution in [3.05, 3.63) is 51.3 Å². The van der Waals surface area contributed by atoms with Crippen LogP contribution in [-0.4, -0.2) is 36.7 Å². The van der Waals surface area contributed by atoms with Crippen molar-refractivity contribution in [2.45, 2.75) is 20.8 Å². The second kappa shape index (κ2) is 8.71. The maximum atomic E-state index is 12.3. The number of H-pyrrole nitrogens is 1. The van der Waals surface area contributed by atoms with E-state index < -0.39 is 11.9 Å². The summed E-state index contributed by atoms with van der Waals surface area (Å²) in [6.45, 7) is 5.73. The molecule has 0 aliphatic heterocycles. The van der Waals surface area contributed by atoms with Crippen LogP contribution < -0.4 is 4.74 Å². The number of hydrogen-bond acceptors (Lipinski definition) is 5. The van der Waals surface area contributed by atoms with E-state index in [1.165, 1.54) is 0 Å². The molecule has 1 aromatic heterocycles. The van der Waals surface area contributed by atoms with Crippen LogP contribution >= 0.6 is 15.9 Å². The van der Waals surface area contributed by atoms with Gasteiger partial charge in [0.25, 0.3) is 0 Å². The Bertz CT molecular complexity index is 752. The number of aryl methyl sites for hydroxylation is 1. The number of nitrogens with one attached hydrogen (secondary N) is 1. The molecule has 0 saturated heterocycles. The summed E-state index contributed by atoms with van der Waals surface area (Å²) in [5.41, 5.74) is 1.72. The number of carbonyl (C=O) groups excluding carboxylic acids is 2. The van der Waals surface area contributed by atoms with Crippen molar-refractivity contribution in [3.8, 4) is 5.75 Å². The minimum absolute atomic E-state index is 0.105. The Hall–Kier alpha value is -2.28. The van der Waals surface area contributed by atoms with Gasteiger partial charge >= 0.3 is 11.9 Å². The summed E-state index contributed by atoms with van der Waals surface area (Å²) in [7, 11) is 0. The van der Waals surface area contributed by atoms with Gasteiger partial charge in [0.05, 0.1) is 12.2 Å². The molecule has 0 atom stereocenters. The summed E-state index contributed by atoms with van der Waals surface area (Å²) in [4.78, 5) is 27.0. The molecule has 2 rings (SSSR count). The number of esters is 2. The van der Waals surface area contributed by atoms with Gasteiger partial charge in [-0.3, -0.25) is 0 Å². The summed E-state index contributed by atoms with van der Waals surface area (Å²) in [5.74, 6) is -0.292. The summed E-state index contributed by atoms with van der Waals surface area (Å²) in [5, 5.41) is 0. The molecule has 1 heterocycles. The smallest absolute Gasteiger partial charge is 0.355 e. The largest absolute Gasteiger partial charge is 0.490 e. The van der Waals surface area contributed by atoms with E-state index in [1.807, 2.05) is 24.3 Å². The lowest BCUT2D eigenvalue weighted by Gasteiger charge is -2.08. The van der Waals surface area contributed by atoms with E-state index >= 15 is 0 Å². The molecule has 0 fully saturated rings. The van der Waals surface area contributed by atoms with Crippen LogP contribution in [0.1, 0.15) is 39.0 Å². The summed E-state index contributed by atoms with van der Waals surface area (Å²) in [6, 6.07) is 7.37. The first-order valence-corrected chi connectivity index (χ1v) is 8.65. The zero-order valence-corrected chi connectivity index (χ0v) is 15.9. The highest BCUT2D eigenvalue weighted by atomic mass is 79.9. The van der Waals surface area contributed by atoms with Crippen LogP contribution in [0.4, 0.5) is 0 Å². The minimum Gasteiger partial charge on any atom is -0.490 e. The van der Waals surface area contributed by atoms with Crippen molar-refractivity contribution in [3.63, 3.8) is 0 Å². The van der Waals surface area contributed by atoms with Crippen LogP contribution in [0.2, 0.25) is 0 Å². The predicted octanol–water partition coefficient (Wildman–Crippen LogP) is 3.81. The van der Waals surface area contributed by atoms with Gasteiger partial charge in [-0.25, -0.2) is 9.59 Å². The van der Waals surface area contributed by atoms with Gasteiger partial charge in [-0.2, -0.15) is 0 Å². The fraction of sp³-hybridized carbons (Fsp3) is 0.333. The second-order valence-corrected chi connectivity index (χ2v) is 6.20. The molecule has 0 aliphatic carbocycles. The molecule has 0 bridgehead atoms. The van der Waals surface area contributed by atoms with Crippen LogP contribution in [0.5, 0.6) is 5.75 Å². The van der Waals surface area contributed by atoms with Crippen molar-refractivity contribution in [2.75, 3.05) is 19.8 Å². The van der Waals surface area contributed by atoms with E-state index in [1.54, 1.807) is 20.8 Å². The van der Waals surface area contributed by atoms with Crippen LogP contribution in [0, 0.1) is 13.8 Å². The molecule has 0 unspecified atom stereocenters. The fourth-order valence-electron chi connectivity index (χ4n) is 2.36. The van der Waals surface area contributed by atoms with Gasteiger partial charge in [0.15, 0.2) is 0 Å². The van der Waals surface area contributed by atoms with E-state index in [0.717, 1.165) is 4.47 Å². The average Bonchev–Trinajstić information content (AvgIpc) is 2.88. The lowest BCUT2D eigenvalue weighted by Crippen LogP contribution is -2.14. The van der Waals surface area contributed by atoms with Crippen molar-refractivity contribution in [1.29, 1.82) is 0 Å². The number of hydrogen-bond donors (Lipinski definition) is 1. The number of rotatable bonds is 7. The summed E-state index contributed by atoms with van der Waals surface area (Å²) in [6.07, 6.45) is 0. The quantitative estimate of drug-likeness (QED) is 0.555. The topological polar surface area (TPSA) is 77.6 Å². The highest BCUT2D eigenvalue weighted by molar-refractivity contribution is 9.10. The van der Waals surface area contributed by atoms with Crippen LogP contribution in [0.25, 0.3) is 0 Å². The second-order valence-electron chi connectivity index (χ2n) is 5.28. The molecule has 0 saturated carbocycles. The lowest BCUT2D eigenvalue weighted by atomic mass is 10.1. The van der Waals surface area contributed by atoms with E-state index in [9.17, 15) is 9.59 Å². The van der Waals surface area contributed by atoms with Gasteiger partial charge < -0.3 is 19.2 Å². The molecule has 0 amide bonds. The van der Waals surface area contributed by atoms with Gasteiger partial charge in [0.2, 0.25) is 0 Å². The third kappa shape index (κ3) is 4.85. The molecule has 0 spiro atoms. The number of halogens is 1. The molecule has 7 heteroatoms. The summed E-state index contributed by atoms with van der Waals surface area (Å²) < 4.78 is 16.7. The maximum absolute atomic E-state index is 12.3. The third-order valence-corrected chi connectivity index (χ3v) is 4.05. The van der Waals surface area contributed by atoms with Crippen LogP contribution in [0.3, 0.4) is 0 Å². The molecule has 1 N–H and O–H groups in total. The minimum atomic E-state index is -0.499. The number of carbonyl (C=O) groups is 2. The Labute approximate surface area is 154 Å². The Morgan fingerprint density at radius 1 is 1.04 bits per heavy atom. The fourth-order valence-corrected chi connectivity index (χ4v) is 2.62. The normalized spacial score (nSPS) is 10.4. The number of ether oxygens (including phenoxy) is 3. The zero-order chi connectivity index (χ0) is 18.4. The van der Waals surface area contributed by atoms with Crippen molar-refractivity contribution in [1.82, 2.24) is 4.98 Å². The lowest BCUT2D eigenvalue weighted by molar-refractivity contribution is 0.0449.